The Bertz CT molecular complexity index is 961. The summed E-state index contributed by atoms with van der Waals surface area (Å²) in [5.41, 5.74) is 2.09. The topological polar surface area (TPSA) is 61.4 Å². The predicted octanol–water partition coefficient (Wildman–Crippen LogP) is 3.80. The molecule has 1 saturated heterocycles. The summed E-state index contributed by atoms with van der Waals surface area (Å²) >= 11 is 1.38. The summed E-state index contributed by atoms with van der Waals surface area (Å²) < 4.78 is 0. The van der Waals surface area contributed by atoms with Crippen LogP contribution < -0.4 is 10.6 Å². The van der Waals surface area contributed by atoms with Crippen molar-refractivity contribution in [1.82, 2.24) is 10.2 Å². The van der Waals surface area contributed by atoms with Crippen molar-refractivity contribution < 1.29 is 9.59 Å². The Morgan fingerprint density at radius 3 is 2.43 bits per heavy atom. The highest BCUT2D eigenvalue weighted by molar-refractivity contribution is 7.12. The molecule has 4 rings (SSSR count). The van der Waals surface area contributed by atoms with E-state index in [1.165, 1.54) is 11.3 Å². The molecule has 3 aromatic rings. The molecule has 2 aromatic carbocycles. The Morgan fingerprint density at radius 1 is 1.00 bits per heavy atom. The van der Waals surface area contributed by atoms with E-state index in [1.807, 2.05) is 77.0 Å². The lowest BCUT2D eigenvalue weighted by Crippen LogP contribution is -2.49. The molecule has 154 valence electrons. The molecule has 2 heterocycles. The first-order chi connectivity index (χ1) is 14.7. The van der Waals surface area contributed by atoms with Crippen LogP contribution in [0.2, 0.25) is 0 Å². The molecule has 2 N–H and O–H groups in total. The Kier molecular flexibility index (Phi) is 6.44. The zero-order valence-corrected chi connectivity index (χ0v) is 17.5. The van der Waals surface area contributed by atoms with E-state index in [-0.39, 0.29) is 17.9 Å². The summed E-state index contributed by atoms with van der Waals surface area (Å²) in [6.45, 7) is 1.32. The van der Waals surface area contributed by atoms with Crippen molar-refractivity contribution in [2.75, 3.05) is 18.4 Å². The SMILES string of the molecule is O=C(NC(Cc1ccccc1)C(=O)N1CCC(Nc2ccccc2)C1)c1cccs1. The first kappa shape index (κ1) is 20.2. The Labute approximate surface area is 180 Å². The van der Waals surface area contributed by atoms with Crippen LogP contribution in [-0.2, 0) is 11.2 Å². The fourth-order valence-corrected chi connectivity index (χ4v) is 4.38. The van der Waals surface area contributed by atoms with E-state index in [0.717, 1.165) is 17.7 Å². The van der Waals surface area contributed by atoms with Crippen LogP contribution in [0.1, 0.15) is 21.7 Å². The number of amides is 2. The molecular formula is C24H25N3O2S. The number of carbonyl (C=O) groups excluding carboxylic acids is 2. The molecule has 2 atom stereocenters. The third kappa shape index (κ3) is 5.07. The molecule has 0 bridgehead atoms. The molecule has 1 fully saturated rings. The molecule has 1 aliphatic heterocycles. The molecule has 0 radical (unpaired) electrons. The number of hydrogen-bond acceptors (Lipinski definition) is 4. The van der Waals surface area contributed by atoms with Gasteiger partial charge in [-0.3, -0.25) is 9.59 Å². The van der Waals surface area contributed by atoms with E-state index in [2.05, 4.69) is 10.6 Å². The van der Waals surface area contributed by atoms with E-state index in [4.69, 9.17) is 0 Å². The second-order valence-electron chi connectivity index (χ2n) is 7.47. The van der Waals surface area contributed by atoms with E-state index in [0.29, 0.717) is 24.4 Å². The second-order valence-corrected chi connectivity index (χ2v) is 8.42. The number of benzene rings is 2. The largest absolute Gasteiger partial charge is 0.380 e. The van der Waals surface area contributed by atoms with Crippen LogP contribution in [0.3, 0.4) is 0 Å². The third-order valence-corrected chi connectivity index (χ3v) is 6.14. The monoisotopic (exact) mass is 419 g/mol. The van der Waals surface area contributed by atoms with Crippen LogP contribution >= 0.6 is 11.3 Å². The highest BCUT2D eigenvalue weighted by Crippen LogP contribution is 2.18. The lowest BCUT2D eigenvalue weighted by Gasteiger charge is -2.25. The van der Waals surface area contributed by atoms with Crippen LogP contribution in [0, 0.1) is 0 Å². The van der Waals surface area contributed by atoms with Crippen molar-refractivity contribution in [2.24, 2.45) is 0 Å². The van der Waals surface area contributed by atoms with Crippen LogP contribution in [0.5, 0.6) is 0 Å². The van der Waals surface area contributed by atoms with E-state index in [9.17, 15) is 9.59 Å². The van der Waals surface area contributed by atoms with Gasteiger partial charge in [-0.25, -0.2) is 0 Å². The maximum Gasteiger partial charge on any atom is 0.262 e. The van der Waals surface area contributed by atoms with E-state index < -0.39 is 6.04 Å². The van der Waals surface area contributed by atoms with Gasteiger partial charge >= 0.3 is 0 Å². The predicted molar refractivity (Wildman–Crippen MR) is 121 cm³/mol. The molecule has 2 unspecified atom stereocenters. The van der Waals surface area contributed by atoms with Crippen LogP contribution in [-0.4, -0.2) is 41.9 Å². The average molecular weight is 420 g/mol. The molecule has 1 aromatic heterocycles. The zero-order valence-electron chi connectivity index (χ0n) is 16.7. The smallest absolute Gasteiger partial charge is 0.262 e. The Balaban J connectivity index is 1.44. The number of hydrogen-bond donors (Lipinski definition) is 2. The van der Waals surface area contributed by atoms with Gasteiger partial charge in [0, 0.05) is 31.2 Å². The molecule has 0 spiro atoms. The number of nitrogens with zero attached hydrogens (tertiary/aromatic N) is 1. The van der Waals surface area contributed by atoms with Crippen molar-refractivity contribution in [3.8, 4) is 0 Å². The van der Waals surface area contributed by atoms with Crippen LogP contribution in [0.15, 0.2) is 78.2 Å². The molecule has 2 amide bonds. The van der Waals surface area contributed by atoms with Gasteiger partial charge < -0.3 is 15.5 Å². The van der Waals surface area contributed by atoms with Crippen molar-refractivity contribution in [3.63, 3.8) is 0 Å². The first-order valence-electron chi connectivity index (χ1n) is 10.2. The number of likely N-dealkylation sites (tertiary alicyclic amines) is 1. The lowest BCUT2D eigenvalue weighted by atomic mass is 10.0. The number of thiophene rings is 1. The van der Waals surface area contributed by atoms with Gasteiger partial charge in [0.25, 0.3) is 5.91 Å². The number of anilines is 1. The second kappa shape index (κ2) is 9.59. The summed E-state index contributed by atoms with van der Waals surface area (Å²) in [7, 11) is 0. The third-order valence-electron chi connectivity index (χ3n) is 5.28. The normalized spacial score (nSPS) is 16.8. The molecule has 6 heteroatoms. The summed E-state index contributed by atoms with van der Waals surface area (Å²) in [6, 6.07) is 23.1. The van der Waals surface area contributed by atoms with Gasteiger partial charge in [0.1, 0.15) is 6.04 Å². The minimum atomic E-state index is -0.586. The van der Waals surface area contributed by atoms with Gasteiger partial charge in [-0.05, 0) is 35.6 Å². The standard InChI is InChI=1S/C24H25N3O2S/c28-23(22-12-7-15-30-22)26-21(16-18-8-3-1-4-9-18)24(29)27-14-13-20(17-27)25-19-10-5-2-6-11-19/h1-12,15,20-21,25H,13-14,16-17H2,(H,26,28). The van der Waals surface area contributed by atoms with E-state index in [1.54, 1.807) is 6.07 Å². The van der Waals surface area contributed by atoms with Gasteiger partial charge in [0.2, 0.25) is 5.91 Å². The lowest BCUT2D eigenvalue weighted by molar-refractivity contribution is -0.132. The molecular weight excluding hydrogens is 394 g/mol. The molecule has 1 aliphatic rings. The van der Waals surface area contributed by atoms with E-state index >= 15 is 0 Å². The first-order valence-corrected chi connectivity index (χ1v) is 11.1. The molecule has 0 saturated carbocycles. The quantitative estimate of drug-likeness (QED) is 0.612. The van der Waals surface area contributed by atoms with Crippen molar-refractivity contribution in [1.29, 1.82) is 0 Å². The Morgan fingerprint density at radius 2 is 1.73 bits per heavy atom. The summed E-state index contributed by atoms with van der Waals surface area (Å²) in [4.78, 5) is 28.5. The summed E-state index contributed by atoms with van der Waals surface area (Å²) in [5, 5.41) is 8.33. The minimum Gasteiger partial charge on any atom is -0.380 e. The van der Waals surface area contributed by atoms with Gasteiger partial charge in [-0.2, -0.15) is 0 Å². The molecule has 5 nitrogen and oxygen atoms in total. The zero-order chi connectivity index (χ0) is 20.8. The van der Waals surface area contributed by atoms with Gasteiger partial charge in [-0.15, -0.1) is 11.3 Å². The van der Waals surface area contributed by atoms with Crippen LogP contribution in [0.25, 0.3) is 0 Å². The molecule has 30 heavy (non-hydrogen) atoms. The average Bonchev–Trinajstić information content (AvgIpc) is 3.47. The summed E-state index contributed by atoms with van der Waals surface area (Å²) in [6.07, 6.45) is 1.36. The highest BCUT2D eigenvalue weighted by Gasteiger charge is 2.32. The van der Waals surface area contributed by atoms with Gasteiger partial charge in [-0.1, -0.05) is 54.6 Å². The number of rotatable bonds is 7. The van der Waals surface area contributed by atoms with Crippen molar-refractivity contribution >= 4 is 28.8 Å². The minimum absolute atomic E-state index is 0.0267. The summed E-state index contributed by atoms with van der Waals surface area (Å²) in [5.74, 6) is -0.224. The molecule has 0 aliphatic carbocycles. The van der Waals surface area contributed by atoms with Gasteiger partial charge in [0.05, 0.1) is 4.88 Å². The maximum absolute atomic E-state index is 13.3. The number of para-hydroxylation sites is 1. The van der Waals surface area contributed by atoms with Crippen LogP contribution in [0.4, 0.5) is 5.69 Å². The fraction of sp³-hybridized carbons (Fsp3) is 0.250. The maximum atomic E-state index is 13.3. The van der Waals surface area contributed by atoms with Crippen molar-refractivity contribution in [2.45, 2.75) is 24.9 Å². The Hall–Kier alpha value is -3.12. The van der Waals surface area contributed by atoms with Gasteiger partial charge in [0.15, 0.2) is 0 Å². The number of nitrogens with one attached hydrogen (secondary N) is 2. The fourth-order valence-electron chi connectivity index (χ4n) is 3.76. The highest BCUT2D eigenvalue weighted by atomic mass is 32.1. The van der Waals surface area contributed by atoms with Crippen molar-refractivity contribution in [3.05, 3.63) is 88.6 Å². The number of carbonyl (C=O) groups is 2.